The highest BCUT2D eigenvalue weighted by molar-refractivity contribution is 5.75. The summed E-state index contributed by atoms with van der Waals surface area (Å²) in [6.07, 6.45) is 4.00. The minimum atomic E-state index is -0.0172. The molecule has 0 spiro atoms. The quantitative estimate of drug-likeness (QED) is 0.895. The van der Waals surface area contributed by atoms with Crippen molar-refractivity contribution in [1.82, 2.24) is 10.2 Å². The summed E-state index contributed by atoms with van der Waals surface area (Å²) >= 11 is 0. The van der Waals surface area contributed by atoms with Gasteiger partial charge in [0.1, 0.15) is 0 Å². The van der Waals surface area contributed by atoms with Gasteiger partial charge in [0.2, 0.25) is 0 Å². The molecule has 2 amide bonds. The van der Waals surface area contributed by atoms with Gasteiger partial charge in [-0.3, -0.25) is 0 Å². The van der Waals surface area contributed by atoms with Crippen molar-refractivity contribution in [1.29, 1.82) is 0 Å². The lowest BCUT2D eigenvalue weighted by molar-refractivity contribution is 0.153. The van der Waals surface area contributed by atoms with Crippen LogP contribution in [-0.2, 0) is 0 Å². The maximum Gasteiger partial charge on any atom is 0.318 e. The number of benzene rings is 1. The van der Waals surface area contributed by atoms with Crippen LogP contribution >= 0.6 is 0 Å². The number of nitrogens with zero attached hydrogens (tertiary/aromatic N) is 2. The van der Waals surface area contributed by atoms with E-state index in [2.05, 4.69) is 22.3 Å². The Morgan fingerprint density at radius 2 is 1.95 bits per heavy atom. The zero-order chi connectivity index (χ0) is 15.4. The standard InChI is InChI=1S/C17H25N3O2/c21-13-16-9-5-11-20(16)17(22)18-14-6-4-10-19(12-14)15-7-2-1-3-8-15/h1-3,7-8,14,16,21H,4-6,9-13H2,(H,18,22). The van der Waals surface area contributed by atoms with Gasteiger partial charge >= 0.3 is 6.03 Å². The highest BCUT2D eigenvalue weighted by Crippen LogP contribution is 2.21. The molecule has 2 unspecified atom stereocenters. The van der Waals surface area contributed by atoms with Gasteiger partial charge in [0.05, 0.1) is 12.6 Å². The summed E-state index contributed by atoms with van der Waals surface area (Å²) in [5.74, 6) is 0. The molecule has 2 aliphatic rings. The second-order valence-corrected chi connectivity index (χ2v) is 6.24. The second-order valence-electron chi connectivity index (χ2n) is 6.24. The number of urea groups is 1. The van der Waals surface area contributed by atoms with Crippen molar-refractivity contribution in [3.8, 4) is 0 Å². The van der Waals surface area contributed by atoms with E-state index in [4.69, 9.17) is 0 Å². The maximum atomic E-state index is 12.4. The van der Waals surface area contributed by atoms with Gasteiger partial charge in [0, 0.05) is 31.4 Å². The number of amides is 2. The fourth-order valence-electron chi connectivity index (χ4n) is 3.52. The Kier molecular flexibility index (Phi) is 4.83. The number of piperidine rings is 1. The van der Waals surface area contributed by atoms with E-state index in [0.717, 1.165) is 45.3 Å². The van der Waals surface area contributed by atoms with E-state index in [0.29, 0.717) is 0 Å². The summed E-state index contributed by atoms with van der Waals surface area (Å²) < 4.78 is 0. The topological polar surface area (TPSA) is 55.8 Å². The van der Waals surface area contributed by atoms with Crippen LogP contribution < -0.4 is 10.2 Å². The molecule has 0 aromatic heterocycles. The van der Waals surface area contributed by atoms with Crippen LogP contribution in [0.15, 0.2) is 30.3 Å². The van der Waals surface area contributed by atoms with Gasteiger partial charge in [-0.2, -0.15) is 0 Å². The molecule has 2 saturated heterocycles. The number of hydrogen-bond donors (Lipinski definition) is 2. The van der Waals surface area contributed by atoms with Crippen molar-refractivity contribution >= 4 is 11.7 Å². The molecule has 2 heterocycles. The molecule has 1 aromatic rings. The summed E-state index contributed by atoms with van der Waals surface area (Å²) in [4.78, 5) is 16.5. The molecule has 2 N–H and O–H groups in total. The zero-order valence-electron chi connectivity index (χ0n) is 12.9. The predicted octanol–water partition coefficient (Wildman–Crippen LogP) is 1.82. The Morgan fingerprint density at radius 1 is 1.18 bits per heavy atom. The molecule has 0 bridgehead atoms. The molecule has 1 aromatic carbocycles. The fourth-order valence-corrected chi connectivity index (χ4v) is 3.52. The summed E-state index contributed by atoms with van der Waals surface area (Å²) in [6.45, 7) is 2.72. The van der Waals surface area contributed by atoms with Crippen molar-refractivity contribution in [2.75, 3.05) is 31.1 Å². The monoisotopic (exact) mass is 303 g/mol. The SMILES string of the molecule is O=C(NC1CCCN(c2ccccc2)C1)N1CCCC1CO. The van der Waals surface area contributed by atoms with Gasteiger partial charge in [-0.15, -0.1) is 0 Å². The van der Waals surface area contributed by atoms with E-state index in [-0.39, 0.29) is 24.7 Å². The van der Waals surface area contributed by atoms with E-state index in [1.54, 1.807) is 4.90 Å². The maximum absolute atomic E-state index is 12.4. The van der Waals surface area contributed by atoms with Crippen molar-refractivity contribution in [2.24, 2.45) is 0 Å². The molecule has 2 aliphatic heterocycles. The van der Waals surface area contributed by atoms with Gasteiger partial charge in [-0.1, -0.05) is 18.2 Å². The molecule has 5 heteroatoms. The van der Waals surface area contributed by atoms with E-state index in [1.165, 1.54) is 5.69 Å². The largest absolute Gasteiger partial charge is 0.394 e. The molecule has 0 radical (unpaired) electrons. The Balaban J connectivity index is 1.57. The molecule has 2 fully saturated rings. The van der Waals surface area contributed by atoms with Crippen LogP contribution in [0.1, 0.15) is 25.7 Å². The van der Waals surface area contributed by atoms with Crippen LogP contribution in [0.3, 0.4) is 0 Å². The predicted molar refractivity (Wildman–Crippen MR) is 87.0 cm³/mol. The summed E-state index contributed by atoms with van der Waals surface area (Å²) in [7, 11) is 0. The smallest absolute Gasteiger partial charge is 0.318 e. The van der Waals surface area contributed by atoms with Crippen LogP contribution in [0, 0.1) is 0 Å². The van der Waals surface area contributed by atoms with Crippen molar-refractivity contribution < 1.29 is 9.90 Å². The molecule has 5 nitrogen and oxygen atoms in total. The Labute approximate surface area is 131 Å². The first kappa shape index (κ1) is 15.2. The first-order valence-electron chi connectivity index (χ1n) is 8.26. The number of aliphatic hydroxyl groups is 1. The minimum Gasteiger partial charge on any atom is -0.394 e. The summed E-state index contributed by atoms with van der Waals surface area (Å²) in [5, 5.41) is 12.5. The summed E-state index contributed by atoms with van der Waals surface area (Å²) in [6, 6.07) is 10.5. The number of rotatable bonds is 3. The van der Waals surface area contributed by atoms with Crippen LogP contribution in [-0.4, -0.2) is 54.4 Å². The number of para-hydroxylation sites is 1. The first-order chi connectivity index (χ1) is 10.8. The molecule has 0 saturated carbocycles. The van der Waals surface area contributed by atoms with Gasteiger partial charge in [-0.05, 0) is 37.8 Å². The van der Waals surface area contributed by atoms with E-state index in [1.807, 2.05) is 18.2 Å². The number of nitrogens with one attached hydrogen (secondary N) is 1. The van der Waals surface area contributed by atoms with E-state index < -0.39 is 0 Å². The highest BCUT2D eigenvalue weighted by atomic mass is 16.3. The first-order valence-corrected chi connectivity index (χ1v) is 8.26. The lowest BCUT2D eigenvalue weighted by Crippen LogP contribution is -2.53. The number of hydrogen-bond acceptors (Lipinski definition) is 3. The summed E-state index contributed by atoms with van der Waals surface area (Å²) in [5.41, 5.74) is 1.22. The van der Waals surface area contributed by atoms with Crippen molar-refractivity contribution in [3.05, 3.63) is 30.3 Å². The Bertz CT molecular complexity index is 494. The fraction of sp³-hybridized carbons (Fsp3) is 0.588. The third-order valence-electron chi connectivity index (χ3n) is 4.72. The molecule has 2 atom stereocenters. The number of carbonyl (C=O) groups excluding carboxylic acids is 1. The number of carbonyl (C=O) groups is 1. The van der Waals surface area contributed by atoms with Gasteiger partial charge < -0.3 is 20.2 Å². The van der Waals surface area contributed by atoms with Crippen LogP contribution in [0.2, 0.25) is 0 Å². The molecule has 120 valence electrons. The van der Waals surface area contributed by atoms with E-state index in [9.17, 15) is 9.90 Å². The van der Waals surface area contributed by atoms with Gasteiger partial charge in [-0.25, -0.2) is 4.79 Å². The average Bonchev–Trinajstić information content (AvgIpc) is 3.05. The number of likely N-dealkylation sites (tertiary alicyclic amines) is 1. The lowest BCUT2D eigenvalue weighted by atomic mass is 10.0. The molecule has 3 rings (SSSR count). The molecule has 22 heavy (non-hydrogen) atoms. The van der Waals surface area contributed by atoms with Gasteiger partial charge in [0.25, 0.3) is 0 Å². The third kappa shape index (κ3) is 3.35. The normalized spacial score (nSPS) is 25.3. The molecular formula is C17H25N3O2. The minimum absolute atomic E-state index is 0.00573. The number of anilines is 1. The van der Waals surface area contributed by atoms with Crippen LogP contribution in [0.5, 0.6) is 0 Å². The van der Waals surface area contributed by atoms with E-state index >= 15 is 0 Å². The van der Waals surface area contributed by atoms with Crippen molar-refractivity contribution in [2.45, 2.75) is 37.8 Å². The second kappa shape index (κ2) is 7.01. The number of aliphatic hydroxyl groups excluding tert-OH is 1. The van der Waals surface area contributed by atoms with Crippen LogP contribution in [0.4, 0.5) is 10.5 Å². The van der Waals surface area contributed by atoms with Crippen LogP contribution in [0.25, 0.3) is 0 Å². The third-order valence-corrected chi connectivity index (χ3v) is 4.72. The van der Waals surface area contributed by atoms with Gasteiger partial charge in [0.15, 0.2) is 0 Å². The highest BCUT2D eigenvalue weighted by Gasteiger charge is 2.30. The van der Waals surface area contributed by atoms with Crippen molar-refractivity contribution in [3.63, 3.8) is 0 Å². The Hall–Kier alpha value is -1.75. The molecule has 0 aliphatic carbocycles. The molecular weight excluding hydrogens is 278 g/mol. The Morgan fingerprint density at radius 3 is 2.73 bits per heavy atom. The zero-order valence-corrected chi connectivity index (χ0v) is 12.9. The average molecular weight is 303 g/mol. The lowest BCUT2D eigenvalue weighted by Gasteiger charge is -2.36.